The first kappa shape index (κ1) is 16.6. The second-order valence-electron chi connectivity index (χ2n) is 6.49. The zero-order chi connectivity index (χ0) is 17.1. The summed E-state index contributed by atoms with van der Waals surface area (Å²) in [4.78, 5) is 29.0. The predicted molar refractivity (Wildman–Crippen MR) is 91.7 cm³/mol. The molecule has 24 heavy (non-hydrogen) atoms. The second-order valence-corrected chi connectivity index (χ2v) is 6.49. The van der Waals surface area contributed by atoms with E-state index in [4.69, 9.17) is 5.11 Å². The van der Waals surface area contributed by atoms with Crippen molar-refractivity contribution in [2.75, 3.05) is 6.61 Å². The van der Waals surface area contributed by atoms with Gasteiger partial charge in [0, 0.05) is 25.6 Å². The number of carbonyl (C=O) groups is 1. The van der Waals surface area contributed by atoms with Crippen LogP contribution in [0.4, 0.5) is 0 Å². The van der Waals surface area contributed by atoms with Crippen LogP contribution in [0, 0.1) is 12.8 Å². The van der Waals surface area contributed by atoms with Crippen LogP contribution in [0.2, 0.25) is 0 Å². The second kappa shape index (κ2) is 7.13. The first-order valence-electron chi connectivity index (χ1n) is 8.45. The van der Waals surface area contributed by atoms with Crippen molar-refractivity contribution in [2.45, 2.75) is 45.2 Å². The molecule has 1 fully saturated rings. The van der Waals surface area contributed by atoms with E-state index in [0.29, 0.717) is 29.8 Å². The summed E-state index contributed by atoms with van der Waals surface area (Å²) in [6.45, 7) is 2.30. The van der Waals surface area contributed by atoms with E-state index < -0.39 is 0 Å². The maximum Gasteiger partial charge on any atom is 0.261 e. The van der Waals surface area contributed by atoms with Crippen molar-refractivity contribution in [3.63, 3.8) is 0 Å². The van der Waals surface area contributed by atoms with Crippen LogP contribution in [0.3, 0.4) is 0 Å². The van der Waals surface area contributed by atoms with Gasteiger partial charge in [0.1, 0.15) is 0 Å². The van der Waals surface area contributed by atoms with Gasteiger partial charge in [-0.2, -0.15) is 0 Å². The van der Waals surface area contributed by atoms with Gasteiger partial charge >= 0.3 is 0 Å². The molecule has 0 bridgehead atoms. The Morgan fingerprint density at radius 1 is 1.46 bits per heavy atom. The number of hydrogen-bond donors (Lipinski definition) is 2. The van der Waals surface area contributed by atoms with Crippen molar-refractivity contribution in [1.82, 2.24) is 14.9 Å². The number of aliphatic hydroxyl groups is 1. The number of para-hydroxylation sites is 1. The predicted octanol–water partition coefficient (Wildman–Crippen LogP) is 1.37. The van der Waals surface area contributed by atoms with Gasteiger partial charge in [-0.05, 0) is 43.7 Å². The van der Waals surface area contributed by atoms with Crippen LogP contribution in [-0.2, 0) is 11.3 Å². The Morgan fingerprint density at radius 3 is 2.96 bits per heavy atom. The minimum absolute atomic E-state index is 0.0524. The molecule has 1 aliphatic rings. The summed E-state index contributed by atoms with van der Waals surface area (Å²) in [5.41, 5.74) is 1.55. The first-order valence-corrected chi connectivity index (χ1v) is 8.45. The molecule has 0 saturated heterocycles. The van der Waals surface area contributed by atoms with Crippen LogP contribution in [0.15, 0.2) is 29.3 Å². The average Bonchev–Trinajstić information content (AvgIpc) is 3.39. The molecule has 1 saturated carbocycles. The summed E-state index contributed by atoms with van der Waals surface area (Å²) in [7, 11) is 0. The van der Waals surface area contributed by atoms with Gasteiger partial charge in [0.05, 0.1) is 17.2 Å². The van der Waals surface area contributed by atoms with Crippen molar-refractivity contribution in [1.29, 1.82) is 0 Å². The standard InChI is InChI=1S/C18H23N3O3/c1-12-3-2-4-14-17(12)19-11-21(18(14)24)9-7-16(23)20-15(8-10-22)13-5-6-13/h2-4,11,13,15,22H,5-10H2,1H3,(H,20,23). The fourth-order valence-electron chi connectivity index (χ4n) is 3.06. The van der Waals surface area contributed by atoms with Crippen LogP contribution in [-0.4, -0.2) is 33.2 Å². The lowest BCUT2D eigenvalue weighted by Crippen LogP contribution is -2.38. The van der Waals surface area contributed by atoms with Crippen molar-refractivity contribution in [3.8, 4) is 0 Å². The highest BCUT2D eigenvalue weighted by atomic mass is 16.3. The normalized spacial score (nSPS) is 15.4. The number of aliphatic hydroxyl groups excluding tert-OH is 1. The fourth-order valence-corrected chi connectivity index (χ4v) is 3.06. The Morgan fingerprint density at radius 2 is 2.25 bits per heavy atom. The van der Waals surface area contributed by atoms with E-state index >= 15 is 0 Å². The van der Waals surface area contributed by atoms with Crippen LogP contribution >= 0.6 is 0 Å². The molecule has 2 N–H and O–H groups in total. The van der Waals surface area contributed by atoms with Gasteiger partial charge in [0.15, 0.2) is 0 Å². The van der Waals surface area contributed by atoms with Gasteiger partial charge in [-0.25, -0.2) is 4.98 Å². The summed E-state index contributed by atoms with van der Waals surface area (Å²) in [6.07, 6.45) is 4.55. The number of nitrogens with zero attached hydrogens (tertiary/aromatic N) is 2. The number of benzene rings is 1. The Bertz CT molecular complexity index is 796. The average molecular weight is 329 g/mol. The number of fused-ring (bicyclic) bond motifs is 1. The molecule has 1 aliphatic carbocycles. The quantitative estimate of drug-likeness (QED) is 0.803. The summed E-state index contributed by atoms with van der Waals surface area (Å²) >= 11 is 0. The highest BCUT2D eigenvalue weighted by molar-refractivity contribution is 5.80. The van der Waals surface area contributed by atoms with Crippen LogP contribution in [0.1, 0.15) is 31.2 Å². The smallest absolute Gasteiger partial charge is 0.261 e. The molecule has 0 radical (unpaired) electrons. The maximum atomic E-state index is 12.5. The summed E-state index contributed by atoms with van der Waals surface area (Å²) in [5.74, 6) is 0.408. The molecule has 0 aliphatic heterocycles. The van der Waals surface area contributed by atoms with Crippen molar-refractivity contribution >= 4 is 16.8 Å². The van der Waals surface area contributed by atoms with Crippen molar-refractivity contribution in [3.05, 3.63) is 40.4 Å². The molecule has 1 heterocycles. The molecule has 128 valence electrons. The molecule has 1 amide bonds. The number of aryl methyl sites for hydroxylation is 2. The lowest BCUT2D eigenvalue weighted by molar-refractivity contribution is -0.122. The molecular weight excluding hydrogens is 306 g/mol. The van der Waals surface area contributed by atoms with Crippen LogP contribution in [0.5, 0.6) is 0 Å². The fraction of sp³-hybridized carbons (Fsp3) is 0.500. The topological polar surface area (TPSA) is 84.2 Å². The van der Waals surface area contributed by atoms with E-state index in [1.165, 1.54) is 10.9 Å². The lowest BCUT2D eigenvalue weighted by atomic mass is 10.1. The monoisotopic (exact) mass is 329 g/mol. The number of nitrogens with one attached hydrogen (secondary N) is 1. The van der Waals surface area contributed by atoms with E-state index in [2.05, 4.69) is 10.3 Å². The van der Waals surface area contributed by atoms with Crippen LogP contribution < -0.4 is 10.9 Å². The van der Waals surface area contributed by atoms with Gasteiger partial charge in [0.25, 0.3) is 5.56 Å². The van der Waals surface area contributed by atoms with E-state index in [9.17, 15) is 9.59 Å². The summed E-state index contributed by atoms with van der Waals surface area (Å²) in [6, 6.07) is 5.58. The van der Waals surface area contributed by atoms with E-state index in [0.717, 1.165) is 18.4 Å². The van der Waals surface area contributed by atoms with Gasteiger partial charge < -0.3 is 10.4 Å². The molecule has 1 aromatic carbocycles. The Hall–Kier alpha value is -2.21. The van der Waals surface area contributed by atoms with Gasteiger partial charge in [-0.15, -0.1) is 0 Å². The third-order valence-corrected chi connectivity index (χ3v) is 4.61. The first-order chi connectivity index (χ1) is 11.6. The van der Waals surface area contributed by atoms with Gasteiger partial charge in [-0.3, -0.25) is 14.2 Å². The maximum absolute atomic E-state index is 12.5. The minimum Gasteiger partial charge on any atom is -0.396 e. The molecule has 0 spiro atoms. The zero-order valence-corrected chi connectivity index (χ0v) is 13.9. The summed E-state index contributed by atoms with van der Waals surface area (Å²) in [5, 5.41) is 12.6. The number of amides is 1. The Labute approximate surface area is 140 Å². The SMILES string of the molecule is Cc1cccc2c(=O)n(CCC(=O)NC(CCO)C3CC3)cnc12. The Balaban J connectivity index is 1.66. The zero-order valence-electron chi connectivity index (χ0n) is 13.9. The van der Waals surface area contributed by atoms with E-state index in [1.54, 1.807) is 6.07 Å². The molecule has 1 aromatic heterocycles. The van der Waals surface area contributed by atoms with E-state index in [1.807, 2.05) is 19.1 Å². The highest BCUT2D eigenvalue weighted by Crippen LogP contribution is 2.33. The minimum atomic E-state index is -0.120. The van der Waals surface area contributed by atoms with Gasteiger partial charge in [-0.1, -0.05) is 12.1 Å². The third kappa shape index (κ3) is 3.64. The Kier molecular flexibility index (Phi) is 4.94. The lowest BCUT2D eigenvalue weighted by Gasteiger charge is -2.17. The molecule has 6 nitrogen and oxygen atoms in total. The summed E-state index contributed by atoms with van der Waals surface area (Å²) < 4.78 is 1.49. The molecular formula is C18H23N3O3. The molecule has 6 heteroatoms. The highest BCUT2D eigenvalue weighted by Gasteiger charge is 2.31. The van der Waals surface area contributed by atoms with Crippen LogP contribution in [0.25, 0.3) is 10.9 Å². The van der Waals surface area contributed by atoms with Crippen molar-refractivity contribution in [2.24, 2.45) is 5.92 Å². The molecule has 2 aromatic rings. The molecule has 3 rings (SSSR count). The number of hydrogen-bond acceptors (Lipinski definition) is 4. The number of carbonyl (C=O) groups excluding carboxylic acids is 1. The largest absolute Gasteiger partial charge is 0.396 e. The molecule has 1 unspecified atom stereocenters. The third-order valence-electron chi connectivity index (χ3n) is 4.61. The van der Waals surface area contributed by atoms with E-state index in [-0.39, 0.29) is 30.5 Å². The molecule has 1 atom stereocenters. The number of aromatic nitrogens is 2. The number of rotatable bonds is 7. The van der Waals surface area contributed by atoms with Gasteiger partial charge in [0.2, 0.25) is 5.91 Å². The van der Waals surface area contributed by atoms with Crippen molar-refractivity contribution < 1.29 is 9.90 Å².